The number of anilines is 3. The van der Waals surface area contributed by atoms with Crippen LogP contribution in [0, 0.1) is 0 Å². The normalized spacial score (nSPS) is 13.2. The van der Waals surface area contributed by atoms with Gasteiger partial charge in [-0.15, -0.1) is 0 Å². The van der Waals surface area contributed by atoms with Gasteiger partial charge in [0.2, 0.25) is 0 Å². The van der Waals surface area contributed by atoms with Crippen molar-refractivity contribution in [2.45, 2.75) is 19.3 Å². The van der Waals surface area contributed by atoms with Crippen molar-refractivity contribution in [2.75, 3.05) is 4.90 Å². The van der Waals surface area contributed by atoms with Crippen LogP contribution < -0.4 is 4.90 Å². The van der Waals surface area contributed by atoms with Gasteiger partial charge in [0, 0.05) is 27.7 Å². The number of nitrogens with zero attached hydrogens (tertiary/aromatic N) is 1. The third-order valence-electron chi connectivity index (χ3n) is 10.0. The summed E-state index contributed by atoms with van der Waals surface area (Å²) in [7, 11) is 0. The van der Waals surface area contributed by atoms with Gasteiger partial charge in [0.25, 0.3) is 0 Å². The first kappa shape index (κ1) is 26.7. The molecule has 0 saturated heterocycles. The van der Waals surface area contributed by atoms with E-state index in [4.69, 9.17) is 0 Å². The Hall–Kier alpha value is -5.66. The summed E-state index contributed by atoms with van der Waals surface area (Å²) in [6, 6.07) is 60.3. The highest BCUT2D eigenvalue weighted by Crippen LogP contribution is 2.53. The van der Waals surface area contributed by atoms with Gasteiger partial charge < -0.3 is 4.90 Å². The van der Waals surface area contributed by atoms with Crippen molar-refractivity contribution in [1.29, 1.82) is 0 Å². The molecule has 9 rings (SSSR count). The maximum Gasteiger partial charge on any atom is 0.0624 e. The molecule has 0 saturated carbocycles. The standard InChI is InChI=1S/C45H33N/c1-45(2)41-23-13-12-20-37(41)38-27-26-34(29-42(38)45)46(33-16-4-3-5-17-33)44-40-22-11-9-19-36(40)35-18-8-10-21-39(35)43(44)32-25-24-30-14-6-7-15-31(30)28-32/h3-29H,1-2H3. The summed E-state index contributed by atoms with van der Waals surface area (Å²) in [5.74, 6) is 0. The van der Waals surface area contributed by atoms with Gasteiger partial charge in [-0.2, -0.15) is 0 Å². The van der Waals surface area contributed by atoms with Gasteiger partial charge in [0.05, 0.1) is 5.69 Å². The molecule has 1 nitrogen and oxygen atoms in total. The maximum absolute atomic E-state index is 2.50. The van der Waals surface area contributed by atoms with Crippen LogP contribution in [0.15, 0.2) is 164 Å². The lowest BCUT2D eigenvalue weighted by Gasteiger charge is -2.32. The fourth-order valence-electron chi connectivity index (χ4n) is 7.81. The molecule has 0 aliphatic heterocycles. The second-order valence-electron chi connectivity index (χ2n) is 12.9. The molecule has 1 aliphatic rings. The molecule has 0 heterocycles. The number of para-hydroxylation sites is 1. The molecule has 0 aromatic heterocycles. The predicted molar refractivity (Wildman–Crippen MR) is 197 cm³/mol. The molecule has 0 N–H and O–H groups in total. The lowest BCUT2D eigenvalue weighted by atomic mass is 9.82. The van der Waals surface area contributed by atoms with E-state index in [2.05, 4.69) is 183 Å². The minimum Gasteiger partial charge on any atom is -0.309 e. The maximum atomic E-state index is 2.50. The Kier molecular flexibility index (Phi) is 5.92. The zero-order valence-corrected chi connectivity index (χ0v) is 26.0. The molecular formula is C45H33N. The number of rotatable bonds is 4. The van der Waals surface area contributed by atoms with Gasteiger partial charge in [-0.3, -0.25) is 0 Å². The van der Waals surface area contributed by atoms with Crippen molar-refractivity contribution in [3.63, 3.8) is 0 Å². The summed E-state index contributed by atoms with van der Waals surface area (Å²) in [5, 5.41) is 7.50. The smallest absolute Gasteiger partial charge is 0.0624 e. The Bertz CT molecular complexity index is 2450. The summed E-state index contributed by atoms with van der Waals surface area (Å²) < 4.78 is 0. The van der Waals surface area contributed by atoms with Crippen molar-refractivity contribution in [3.05, 3.63) is 175 Å². The van der Waals surface area contributed by atoms with Crippen LogP contribution in [-0.2, 0) is 5.41 Å². The van der Waals surface area contributed by atoms with Crippen LogP contribution in [-0.4, -0.2) is 0 Å². The van der Waals surface area contributed by atoms with Crippen LogP contribution >= 0.6 is 0 Å². The molecule has 8 aromatic carbocycles. The second-order valence-corrected chi connectivity index (χ2v) is 12.9. The quantitative estimate of drug-likeness (QED) is 0.185. The highest BCUT2D eigenvalue weighted by atomic mass is 15.1. The van der Waals surface area contributed by atoms with Crippen LogP contribution in [0.4, 0.5) is 17.1 Å². The van der Waals surface area contributed by atoms with E-state index < -0.39 is 0 Å². The van der Waals surface area contributed by atoms with Gasteiger partial charge in [-0.05, 0) is 85.1 Å². The highest BCUT2D eigenvalue weighted by Gasteiger charge is 2.36. The van der Waals surface area contributed by atoms with E-state index in [1.54, 1.807) is 0 Å². The van der Waals surface area contributed by atoms with Crippen LogP contribution in [0.2, 0.25) is 0 Å². The van der Waals surface area contributed by atoms with Gasteiger partial charge in [-0.1, -0.05) is 147 Å². The van der Waals surface area contributed by atoms with Crippen molar-refractivity contribution in [1.82, 2.24) is 0 Å². The first-order valence-electron chi connectivity index (χ1n) is 16.1. The summed E-state index contributed by atoms with van der Waals surface area (Å²) in [6.07, 6.45) is 0. The highest BCUT2D eigenvalue weighted by molar-refractivity contribution is 6.22. The summed E-state index contributed by atoms with van der Waals surface area (Å²) >= 11 is 0. The lowest BCUT2D eigenvalue weighted by molar-refractivity contribution is 0.660. The van der Waals surface area contributed by atoms with Crippen LogP contribution in [0.25, 0.3) is 54.6 Å². The predicted octanol–water partition coefficient (Wildman–Crippen LogP) is 12.6. The number of fused-ring (bicyclic) bond motifs is 7. The average Bonchev–Trinajstić information content (AvgIpc) is 3.34. The first-order valence-corrected chi connectivity index (χ1v) is 16.1. The fourth-order valence-corrected chi connectivity index (χ4v) is 7.81. The van der Waals surface area contributed by atoms with E-state index in [9.17, 15) is 0 Å². The minimum atomic E-state index is -0.100. The monoisotopic (exact) mass is 587 g/mol. The SMILES string of the molecule is CC1(C)c2ccccc2-c2ccc(N(c3ccccc3)c3c(-c4ccc5ccccc5c4)c4ccccc4c4ccccc34)cc21. The summed E-state index contributed by atoms with van der Waals surface area (Å²) in [4.78, 5) is 2.50. The van der Waals surface area contributed by atoms with Gasteiger partial charge in [0.1, 0.15) is 0 Å². The number of benzene rings is 8. The fraction of sp³-hybridized carbons (Fsp3) is 0.0667. The molecular weight excluding hydrogens is 555 g/mol. The zero-order chi connectivity index (χ0) is 30.8. The van der Waals surface area contributed by atoms with Crippen molar-refractivity contribution in [3.8, 4) is 22.3 Å². The van der Waals surface area contributed by atoms with E-state index in [0.29, 0.717) is 0 Å². The minimum absolute atomic E-state index is 0.100. The molecule has 0 fully saturated rings. The topological polar surface area (TPSA) is 3.24 Å². The molecule has 0 unspecified atom stereocenters. The largest absolute Gasteiger partial charge is 0.309 e. The Morgan fingerprint density at radius 3 is 1.83 bits per heavy atom. The molecule has 1 aliphatic carbocycles. The first-order chi connectivity index (χ1) is 22.6. The van der Waals surface area contributed by atoms with Crippen molar-refractivity contribution < 1.29 is 0 Å². The molecule has 46 heavy (non-hydrogen) atoms. The zero-order valence-electron chi connectivity index (χ0n) is 26.0. The van der Waals surface area contributed by atoms with Crippen LogP contribution in [0.5, 0.6) is 0 Å². The molecule has 218 valence electrons. The summed E-state index contributed by atoms with van der Waals surface area (Å²) in [6.45, 7) is 4.72. The Morgan fingerprint density at radius 2 is 1.02 bits per heavy atom. The Labute approximate surface area is 270 Å². The average molecular weight is 588 g/mol. The van der Waals surface area contributed by atoms with E-state index in [1.165, 1.54) is 71.4 Å². The molecule has 0 radical (unpaired) electrons. The van der Waals surface area contributed by atoms with Crippen molar-refractivity contribution >= 4 is 49.4 Å². The third kappa shape index (κ3) is 3.95. The van der Waals surface area contributed by atoms with Crippen LogP contribution in [0.3, 0.4) is 0 Å². The van der Waals surface area contributed by atoms with E-state index >= 15 is 0 Å². The van der Waals surface area contributed by atoms with E-state index in [1.807, 2.05) is 0 Å². The van der Waals surface area contributed by atoms with Gasteiger partial charge >= 0.3 is 0 Å². The molecule has 1 heteroatoms. The van der Waals surface area contributed by atoms with E-state index in [0.717, 1.165) is 11.4 Å². The van der Waals surface area contributed by atoms with Crippen molar-refractivity contribution in [2.24, 2.45) is 0 Å². The summed E-state index contributed by atoms with van der Waals surface area (Å²) in [5.41, 5.74) is 11.3. The number of hydrogen-bond acceptors (Lipinski definition) is 1. The lowest BCUT2D eigenvalue weighted by Crippen LogP contribution is -2.17. The van der Waals surface area contributed by atoms with Gasteiger partial charge in [-0.25, -0.2) is 0 Å². The molecule has 0 spiro atoms. The molecule has 8 aromatic rings. The third-order valence-corrected chi connectivity index (χ3v) is 10.0. The number of hydrogen-bond donors (Lipinski definition) is 0. The Morgan fingerprint density at radius 1 is 0.413 bits per heavy atom. The van der Waals surface area contributed by atoms with E-state index in [-0.39, 0.29) is 5.41 Å². The van der Waals surface area contributed by atoms with Crippen LogP contribution in [0.1, 0.15) is 25.0 Å². The molecule has 0 amide bonds. The second kappa shape index (κ2) is 10.2. The molecule has 0 atom stereocenters. The molecule has 0 bridgehead atoms. The Balaban J connectivity index is 1.41. The van der Waals surface area contributed by atoms with Gasteiger partial charge in [0.15, 0.2) is 0 Å².